The number of hydrogen-bond acceptors (Lipinski definition) is 6. The van der Waals surface area contributed by atoms with Crippen LogP contribution in [0.25, 0.3) is 0 Å². The van der Waals surface area contributed by atoms with Crippen LogP contribution < -0.4 is 11.2 Å². The van der Waals surface area contributed by atoms with E-state index in [0.29, 0.717) is 0 Å². The van der Waals surface area contributed by atoms with Crippen molar-refractivity contribution >= 4 is 6.16 Å². The molecule has 1 aliphatic rings. The molecule has 1 aromatic rings. The molecule has 140 valence electrons. The average molecular weight is 360 g/mol. The first-order valence-corrected chi connectivity index (χ1v) is 7.55. The van der Waals surface area contributed by atoms with Crippen LogP contribution in [0.2, 0.25) is 0 Å². The Morgan fingerprint density at radius 1 is 1.48 bits per heavy atom. The summed E-state index contributed by atoms with van der Waals surface area (Å²) in [6, 6.07) is 1.00. The predicted molar refractivity (Wildman–Crippen MR) is 83.1 cm³/mol. The van der Waals surface area contributed by atoms with Gasteiger partial charge in [-0.15, -0.1) is 0 Å². The maximum Gasteiger partial charge on any atom is 0.506 e. The highest BCUT2D eigenvalue weighted by Crippen LogP contribution is 2.54. The molecule has 0 unspecified atom stereocenters. The zero-order chi connectivity index (χ0) is 19.2. The minimum absolute atomic E-state index is 0.678. The first-order chi connectivity index (χ1) is 11.4. The van der Waals surface area contributed by atoms with Crippen molar-refractivity contribution in [2.75, 3.05) is 6.61 Å². The first-order valence-electron chi connectivity index (χ1n) is 7.55. The average Bonchev–Trinajstić information content (AvgIpc) is 2.68. The van der Waals surface area contributed by atoms with Crippen molar-refractivity contribution in [3.8, 4) is 0 Å². The molecule has 1 saturated heterocycles. The molecule has 2 rings (SSSR count). The molecule has 0 spiro atoms. The van der Waals surface area contributed by atoms with Gasteiger partial charge in [-0.2, -0.15) is 0 Å². The third-order valence-corrected chi connectivity index (χ3v) is 4.57. The molecule has 3 N–H and O–H groups in total. The van der Waals surface area contributed by atoms with Crippen LogP contribution in [0, 0.1) is 5.41 Å². The van der Waals surface area contributed by atoms with E-state index in [0.717, 1.165) is 23.8 Å². The number of aliphatic hydroxyl groups is 1. The van der Waals surface area contributed by atoms with Gasteiger partial charge in [0.15, 0.2) is 18.0 Å². The van der Waals surface area contributed by atoms with Crippen LogP contribution in [0.15, 0.2) is 21.9 Å². The molecule has 1 fully saturated rings. The van der Waals surface area contributed by atoms with Crippen molar-refractivity contribution in [3.63, 3.8) is 0 Å². The molecule has 2 heterocycles. The molecule has 0 amide bonds. The van der Waals surface area contributed by atoms with Gasteiger partial charge in [0.2, 0.25) is 0 Å². The minimum atomic E-state index is -2.50. The quantitative estimate of drug-likeness (QED) is 0.674. The standard InChI is InChI=1S/C15H21FN2O7/c1-13(2,3)15(7-19)9(24-12(22)23)14(4,16)10(25-15)18-6-5-8(20)17-11(18)21/h5-6,9-10,19H,7H2,1-4H3,(H,22,23)(H,17,20,21)/t9-,10+,14+,15+/m0/s1. The number of carboxylic acid groups (broad SMARTS) is 1. The Bertz CT molecular complexity index is 779. The lowest BCUT2D eigenvalue weighted by Crippen LogP contribution is -2.58. The van der Waals surface area contributed by atoms with E-state index >= 15 is 4.39 Å². The van der Waals surface area contributed by atoms with Crippen molar-refractivity contribution in [1.82, 2.24) is 9.55 Å². The zero-order valence-corrected chi connectivity index (χ0v) is 14.3. The van der Waals surface area contributed by atoms with Gasteiger partial charge in [0.1, 0.15) is 5.60 Å². The lowest BCUT2D eigenvalue weighted by molar-refractivity contribution is -0.185. The number of aromatic amines is 1. The molecular weight excluding hydrogens is 339 g/mol. The van der Waals surface area contributed by atoms with Gasteiger partial charge in [-0.05, 0) is 12.3 Å². The summed E-state index contributed by atoms with van der Waals surface area (Å²) in [7, 11) is 0. The van der Waals surface area contributed by atoms with Gasteiger partial charge >= 0.3 is 11.8 Å². The summed E-state index contributed by atoms with van der Waals surface area (Å²) in [6.07, 6.45) is -4.04. The van der Waals surface area contributed by atoms with Crippen LogP contribution in [0.4, 0.5) is 9.18 Å². The lowest BCUT2D eigenvalue weighted by Gasteiger charge is -2.43. The van der Waals surface area contributed by atoms with Crippen molar-refractivity contribution < 1.29 is 28.9 Å². The Kier molecular flexibility index (Phi) is 4.56. The van der Waals surface area contributed by atoms with Gasteiger partial charge in [0.25, 0.3) is 5.56 Å². The van der Waals surface area contributed by atoms with Gasteiger partial charge in [-0.1, -0.05) is 20.8 Å². The van der Waals surface area contributed by atoms with Crippen LogP contribution in [0.5, 0.6) is 0 Å². The van der Waals surface area contributed by atoms with Crippen molar-refractivity contribution in [2.45, 2.75) is 51.3 Å². The van der Waals surface area contributed by atoms with E-state index in [1.807, 2.05) is 4.98 Å². The fourth-order valence-corrected chi connectivity index (χ4v) is 3.14. The smallest absolute Gasteiger partial charge is 0.450 e. The number of nitrogens with one attached hydrogen (secondary N) is 1. The number of hydrogen-bond donors (Lipinski definition) is 3. The Morgan fingerprint density at radius 2 is 2.08 bits per heavy atom. The van der Waals surface area contributed by atoms with Gasteiger partial charge in [0.05, 0.1) is 6.61 Å². The molecule has 9 nitrogen and oxygen atoms in total. The number of alkyl halides is 1. The van der Waals surface area contributed by atoms with Crippen LogP contribution in [0.3, 0.4) is 0 Å². The summed E-state index contributed by atoms with van der Waals surface area (Å²) in [5, 5.41) is 18.9. The van der Waals surface area contributed by atoms with Crippen LogP contribution in [-0.2, 0) is 9.47 Å². The van der Waals surface area contributed by atoms with E-state index in [4.69, 9.17) is 14.6 Å². The number of H-pyrrole nitrogens is 1. The van der Waals surface area contributed by atoms with Crippen molar-refractivity contribution in [2.24, 2.45) is 5.41 Å². The number of carbonyl (C=O) groups is 1. The largest absolute Gasteiger partial charge is 0.506 e. The first kappa shape index (κ1) is 19.1. The Labute approximate surface area is 142 Å². The fourth-order valence-electron chi connectivity index (χ4n) is 3.14. The summed E-state index contributed by atoms with van der Waals surface area (Å²) in [5.41, 5.74) is -6.82. The highest BCUT2D eigenvalue weighted by molar-refractivity contribution is 5.57. The van der Waals surface area contributed by atoms with E-state index in [2.05, 4.69) is 0 Å². The topological polar surface area (TPSA) is 131 Å². The number of rotatable bonds is 3. The van der Waals surface area contributed by atoms with E-state index in [1.54, 1.807) is 20.8 Å². The van der Waals surface area contributed by atoms with Crippen LogP contribution in [0.1, 0.15) is 33.9 Å². The van der Waals surface area contributed by atoms with Gasteiger partial charge in [-0.3, -0.25) is 14.3 Å². The molecular formula is C15H21FN2O7. The molecule has 1 aliphatic heterocycles. The minimum Gasteiger partial charge on any atom is -0.450 e. The normalized spacial score (nSPS) is 32.6. The summed E-state index contributed by atoms with van der Waals surface area (Å²) in [4.78, 5) is 36.3. The molecule has 25 heavy (non-hydrogen) atoms. The third kappa shape index (κ3) is 2.95. The molecule has 0 aromatic carbocycles. The Morgan fingerprint density at radius 3 is 2.52 bits per heavy atom. The molecule has 0 saturated carbocycles. The predicted octanol–water partition coefficient (Wildman–Crippen LogP) is 0.634. The second-order valence-corrected chi connectivity index (χ2v) is 7.20. The monoisotopic (exact) mass is 360 g/mol. The number of halogens is 1. The molecule has 0 aliphatic carbocycles. The molecule has 1 aromatic heterocycles. The zero-order valence-electron chi connectivity index (χ0n) is 14.3. The molecule has 0 radical (unpaired) electrons. The van der Waals surface area contributed by atoms with Gasteiger partial charge in [0, 0.05) is 12.3 Å². The van der Waals surface area contributed by atoms with Crippen LogP contribution >= 0.6 is 0 Å². The van der Waals surface area contributed by atoms with Crippen molar-refractivity contribution in [3.05, 3.63) is 33.1 Å². The highest BCUT2D eigenvalue weighted by atomic mass is 19.1. The second-order valence-electron chi connectivity index (χ2n) is 7.20. The highest BCUT2D eigenvalue weighted by Gasteiger charge is 2.69. The Balaban J connectivity index is 2.67. The van der Waals surface area contributed by atoms with Gasteiger partial charge < -0.3 is 19.7 Å². The van der Waals surface area contributed by atoms with E-state index in [-0.39, 0.29) is 0 Å². The van der Waals surface area contributed by atoms with E-state index < -0.39 is 53.0 Å². The lowest BCUT2D eigenvalue weighted by atomic mass is 9.71. The van der Waals surface area contributed by atoms with Crippen molar-refractivity contribution in [1.29, 1.82) is 0 Å². The number of aliphatic hydroxyl groups excluding tert-OH is 1. The number of aromatic nitrogens is 2. The second kappa shape index (κ2) is 5.95. The molecule has 10 heteroatoms. The maximum atomic E-state index is 15.6. The van der Waals surface area contributed by atoms with E-state index in [1.165, 1.54) is 0 Å². The maximum absolute atomic E-state index is 15.6. The fraction of sp³-hybridized carbons (Fsp3) is 0.667. The summed E-state index contributed by atoms with van der Waals surface area (Å²) in [5.74, 6) is 0. The van der Waals surface area contributed by atoms with E-state index in [9.17, 15) is 19.5 Å². The van der Waals surface area contributed by atoms with Crippen LogP contribution in [-0.4, -0.2) is 49.9 Å². The summed E-state index contributed by atoms with van der Waals surface area (Å²) in [6.45, 7) is 5.13. The molecule has 0 bridgehead atoms. The SMILES string of the molecule is CC(C)(C)[C@]1(CO)O[C@@H](n2ccc(=O)[nH]c2=O)[C@](C)(F)[C@@H]1OC(=O)O. The molecule has 4 atom stereocenters. The Hall–Kier alpha value is -2.20. The third-order valence-electron chi connectivity index (χ3n) is 4.57. The van der Waals surface area contributed by atoms with Gasteiger partial charge in [-0.25, -0.2) is 14.0 Å². The number of ether oxygens (including phenoxy) is 2. The summed E-state index contributed by atoms with van der Waals surface area (Å²) >= 11 is 0. The summed E-state index contributed by atoms with van der Waals surface area (Å²) < 4.78 is 26.9. The number of nitrogens with zero attached hydrogens (tertiary/aromatic N) is 1.